The molecule has 1 fully saturated rings. The fraction of sp³-hybridized carbons (Fsp3) is 0.467. The lowest BCUT2D eigenvalue weighted by atomic mass is 10.0. The average molecular weight is 407 g/mol. The molecule has 1 heterocycles. The third-order valence-corrected chi connectivity index (χ3v) is 4.20. The number of carbonyl (C=O) groups is 2. The number of methoxy groups -OCH3 is 1. The summed E-state index contributed by atoms with van der Waals surface area (Å²) >= 11 is 3.32. The fourth-order valence-electron chi connectivity index (χ4n) is 2.49. The number of likely N-dealkylation sites (tertiary alicyclic amines) is 1. The van der Waals surface area contributed by atoms with Gasteiger partial charge in [0.25, 0.3) is 5.91 Å². The van der Waals surface area contributed by atoms with Crippen LogP contribution in [-0.4, -0.2) is 49.6 Å². The zero-order valence-electron chi connectivity index (χ0n) is 12.9. The van der Waals surface area contributed by atoms with Gasteiger partial charge in [-0.05, 0) is 31.0 Å². The Labute approximate surface area is 150 Å². The number of nitrogen functional groups attached to an aromatic ring is 1. The predicted molar refractivity (Wildman–Crippen MR) is 94.7 cm³/mol. The number of hydrogen-bond donors (Lipinski definition) is 2. The molecule has 3 N–H and O–H groups in total. The van der Waals surface area contributed by atoms with E-state index in [1.165, 1.54) is 7.11 Å². The number of piperidine rings is 1. The highest BCUT2D eigenvalue weighted by Gasteiger charge is 2.24. The standard InChI is InChI=1S/C15H20BrN3O3.ClH/c1-22-9-14(20)19-6-4-11(5-7-19)18-15(21)12-3-2-10(16)8-13(12)17;/h2-3,8,11H,4-7,9,17H2,1H3,(H,18,21);1H. The van der Waals surface area contributed by atoms with Gasteiger partial charge in [-0.1, -0.05) is 15.9 Å². The second-order valence-corrected chi connectivity index (χ2v) is 6.21. The first-order chi connectivity index (χ1) is 10.5. The molecule has 2 rings (SSSR count). The number of nitrogens with zero attached hydrogens (tertiary/aromatic N) is 1. The fourth-order valence-corrected chi connectivity index (χ4v) is 2.87. The van der Waals surface area contributed by atoms with Crippen molar-refractivity contribution in [3.8, 4) is 0 Å². The molecule has 0 bridgehead atoms. The first kappa shape index (κ1) is 19.7. The molecule has 0 spiro atoms. The van der Waals surface area contributed by atoms with Gasteiger partial charge in [0.05, 0.1) is 5.56 Å². The number of halogens is 2. The van der Waals surface area contributed by atoms with E-state index < -0.39 is 0 Å². The van der Waals surface area contributed by atoms with E-state index in [4.69, 9.17) is 10.5 Å². The van der Waals surface area contributed by atoms with E-state index in [-0.39, 0.29) is 36.9 Å². The van der Waals surface area contributed by atoms with Gasteiger partial charge in [-0.3, -0.25) is 9.59 Å². The summed E-state index contributed by atoms with van der Waals surface area (Å²) in [5, 5.41) is 2.98. The van der Waals surface area contributed by atoms with Crippen LogP contribution in [0.1, 0.15) is 23.2 Å². The summed E-state index contributed by atoms with van der Waals surface area (Å²) in [4.78, 5) is 25.7. The maximum Gasteiger partial charge on any atom is 0.253 e. The van der Waals surface area contributed by atoms with Crippen molar-refractivity contribution >= 4 is 45.8 Å². The maximum atomic E-state index is 12.3. The van der Waals surface area contributed by atoms with Gasteiger partial charge in [-0.15, -0.1) is 12.4 Å². The number of nitrogens with one attached hydrogen (secondary N) is 1. The van der Waals surface area contributed by atoms with E-state index in [2.05, 4.69) is 21.2 Å². The number of nitrogens with two attached hydrogens (primary N) is 1. The van der Waals surface area contributed by atoms with E-state index in [9.17, 15) is 9.59 Å². The van der Waals surface area contributed by atoms with E-state index in [1.54, 1.807) is 23.1 Å². The maximum absolute atomic E-state index is 12.3. The quantitative estimate of drug-likeness (QED) is 0.747. The van der Waals surface area contributed by atoms with Crippen molar-refractivity contribution < 1.29 is 14.3 Å². The van der Waals surface area contributed by atoms with Gasteiger partial charge in [0.1, 0.15) is 6.61 Å². The number of hydrogen-bond acceptors (Lipinski definition) is 4. The van der Waals surface area contributed by atoms with Crippen LogP contribution in [0.3, 0.4) is 0 Å². The Kier molecular flexibility index (Phi) is 7.81. The van der Waals surface area contributed by atoms with E-state index in [0.717, 1.165) is 17.3 Å². The van der Waals surface area contributed by atoms with Crippen molar-refractivity contribution in [2.75, 3.05) is 32.5 Å². The van der Waals surface area contributed by atoms with Crippen molar-refractivity contribution in [1.82, 2.24) is 10.2 Å². The Balaban J connectivity index is 0.00000264. The molecule has 0 aromatic heterocycles. The van der Waals surface area contributed by atoms with Crippen LogP contribution in [0.2, 0.25) is 0 Å². The smallest absolute Gasteiger partial charge is 0.253 e. The van der Waals surface area contributed by atoms with Gasteiger partial charge in [0.2, 0.25) is 5.91 Å². The largest absolute Gasteiger partial charge is 0.398 e. The zero-order valence-corrected chi connectivity index (χ0v) is 15.3. The van der Waals surface area contributed by atoms with E-state index in [0.29, 0.717) is 24.3 Å². The summed E-state index contributed by atoms with van der Waals surface area (Å²) in [7, 11) is 1.51. The van der Waals surface area contributed by atoms with Gasteiger partial charge < -0.3 is 20.7 Å². The molecule has 8 heteroatoms. The topological polar surface area (TPSA) is 84.7 Å². The minimum Gasteiger partial charge on any atom is -0.398 e. The highest BCUT2D eigenvalue weighted by atomic mass is 79.9. The second kappa shape index (κ2) is 9.10. The Morgan fingerprint density at radius 3 is 2.61 bits per heavy atom. The lowest BCUT2D eigenvalue weighted by molar-refractivity contribution is -0.136. The van der Waals surface area contributed by atoms with Gasteiger partial charge in [-0.25, -0.2) is 0 Å². The first-order valence-corrected chi connectivity index (χ1v) is 7.93. The SMILES string of the molecule is COCC(=O)N1CCC(NC(=O)c2ccc(Br)cc2N)CC1.Cl. The third kappa shape index (κ3) is 5.37. The molecule has 2 amide bonds. The number of ether oxygens (including phenoxy) is 1. The summed E-state index contributed by atoms with van der Waals surface area (Å²) in [5.74, 6) is -0.184. The Morgan fingerprint density at radius 2 is 2.04 bits per heavy atom. The molecule has 128 valence electrons. The lowest BCUT2D eigenvalue weighted by Crippen LogP contribution is -2.47. The highest BCUT2D eigenvalue weighted by Crippen LogP contribution is 2.19. The molecule has 0 atom stereocenters. The minimum absolute atomic E-state index is 0. The summed E-state index contributed by atoms with van der Waals surface area (Å²) in [6.45, 7) is 1.36. The van der Waals surface area contributed by atoms with Crippen LogP contribution in [0.5, 0.6) is 0 Å². The van der Waals surface area contributed by atoms with Crippen molar-refractivity contribution in [1.29, 1.82) is 0 Å². The number of rotatable bonds is 4. The molecule has 1 aliphatic heterocycles. The molecule has 6 nitrogen and oxygen atoms in total. The Bertz CT molecular complexity index is 563. The molecular formula is C15H21BrClN3O3. The van der Waals surface area contributed by atoms with Crippen LogP contribution in [0.25, 0.3) is 0 Å². The average Bonchev–Trinajstić information content (AvgIpc) is 2.48. The molecule has 1 aliphatic rings. The third-order valence-electron chi connectivity index (χ3n) is 3.71. The zero-order chi connectivity index (χ0) is 16.1. The number of anilines is 1. The van der Waals surface area contributed by atoms with Crippen molar-refractivity contribution in [2.24, 2.45) is 0 Å². The molecule has 1 aromatic carbocycles. The molecule has 0 radical (unpaired) electrons. The van der Waals surface area contributed by atoms with Gasteiger partial charge >= 0.3 is 0 Å². The number of amides is 2. The molecule has 0 saturated carbocycles. The number of benzene rings is 1. The predicted octanol–water partition coefficient (Wildman–Crippen LogP) is 1.82. The second-order valence-electron chi connectivity index (χ2n) is 5.29. The van der Waals surface area contributed by atoms with Crippen LogP contribution < -0.4 is 11.1 Å². The van der Waals surface area contributed by atoms with Crippen LogP contribution in [0.4, 0.5) is 5.69 Å². The molecular weight excluding hydrogens is 386 g/mol. The summed E-state index contributed by atoms with van der Waals surface area (Å²) < 4.78 is 5.69. The van der Waals surface area contributed by atoms with Crippen molar-refractivity contribution in [3.05, 3.63) is 28.2 Å². The Hall–Kier alpha value is -1.31. The molecule has 1 aromatic rings. The highest BCUT2D eigenvalue weighted by molar-refractivity contribution is 9.10. The molecule has 1 saturated heterocycles. The van der Waals surface area contributed by atoms with Gasteiger partial charge in [0, 0.05) is 36.4 Å². The van der Waals surface area contributed by atoms with Crippen molar-refractivity contribution in [2.45, 2.75) is 18.9 Å². The molecule has 0 unspecified atom stereocenters. The molecule has 23 heavy (non-hydrogen) atoms. The lowest BCUT2D eigenvalue weighted by Gasteiger charge is -2.32. The van der Waals surface area contributed by atoms with Crippen LogP contribution in [-0.2, 0) is 9.53 Å². The molecule has 0 aliphatic carbocycles. The van der Waals surface area contributed by atoms with Gasteiger partial charge in [-0.2, -0.15) is 0 Å². The Morgan fingerprint density at radius 1 is 1.39 bits per heavy atom. The number of carbonyl (C=O) groups excluding carboxylic acids is 2. The minimum atomic E-state index is -0.174. The van der Waals surface area contributed by atoms with Crippen LogP contribution >= 0.6 is 28.3 Å². The summed E-state index contributed by atoms with van der Waals surface area (Å²) in [6, 6.07) is 5.26. The van der Waals surface area contributed by atoms with E-state index in [1.807, 2.05) is 0 Å². The van der Waals surface area contributed by atoms with Crippen molar-refractivity contribution in [3.63, 3.8) is 0 Å². The normalized spacial score (nSPS) is 15.0. The van der Waals surface area contributed by atoms with Gasteiger partial charge in [0.15, 0.2) is 0 Å². The van der Waals surface area contributed by atoms with E-state index >= 15 is 0 Å². The summed E-state index contributed by atoms with van der Waals surface area (Å²) in [5.41, 5.74) is 6.78. The monoisotopic (exact) mass is 405 g/mol. The van der Waals surface area contributed by atoms with Crippen LogP contribution in [0.15, 0.2) is 22.7 Å². The first-order valence-electron chi connectivity index (χ1n) is 7.14. The summed E-state index contributed by atoms with van der Waals surface area (Å²) in [6.07, 6.45) is 1.47. The van der Waals surface area contributed by atoms with Crippen LogP contribution in [0, 0.1) is 0 Å².